The quantitative estimate of drug-likeness (QED) is 0.852. The van der Waals surface area contributed by atoms with Gasteiger partial charge in [0.05, 0.1) is 5.56 Å². The molecule has 1 aliphatic rings. The van der Waals surface area contributed by atoms with Crippen molar-refractivity contribution in [3.8, 4) is 0 Å². The minimum Gasteiger partial charge on any atom is -0.348 e. The van der Waals surface area contributed by atoms with E-state index in [1.807, 2.05) is 11.9 Å². The van der Waals surface area contributed by atoms with Crippen molar-refractivity contribution in [2.24, 2.45) is 0 Å². The molecule has 0 saturated carbocycles. The van der Waals surface area contributed by atoms with Crippen LogP contribution in [0.5, 0.6) is 0 Å². The van der Waals surface area contributed by atoms with Gasteiger partial charge in [0.25, 0.3) is 5.91 Å². The molecule has 0 bridgehead atoms. The van der Waals surface area contributed by atoms with Crippen LogP contribution in [0.1, 0.15) is 28.8 Å². The van der Waals surface area contributed by atoms with Crippen molar-refractivity contribution in [1.82, 2.24) is 10.2 Å². The summed E-state index contributed by atoms with van der Waals surface area (Å²) >= 11 is 0. The molecule has 3 nitrogen and oxygen atoms in total. The summed E-state index contributed by atoms with van der Waals surface area (Å²) in [4.78, 5) is 14.0. The molecule has 7 heteroatoms. The van der Waals surface area contributed by atoms with E-state index in [2.05, 4.69) is 5.32 Å². The third kappa shape index (κ3) is 3.93. The zero-order valence-electron chi connectivity index (χ0n) is 11.5. The highest BCUT2D eigenvalue weighted by atomic mass is 19.4. The molecule has 1 saturated heterocycles. The van der Waals surface area contributed by atoms with E-state index in [1.165, 1.54) is 0 Å². The van der Waals surface area contributed by atoms with E-state index in [0.717, 1.165) is 25.5 Å². The van der Waals surface area contributed by atoms with Gasteiger partial charge in [0.2, 0.25) is 0 Å². The number of carbonyl (C=O) groups is 1. The number of amides is 1. The standard InChI is InChI=1S/C14H16F4N2O/c1-20-6-2-3-10(8-20)19-13(21)9-4-5-12(15)11(7-9)14(16,17)18/h4-5,7,10H,2-3,6,8H2,1H3,(H,19,21). The van der Waals surface area contributed by atoms with Gasteiger partial charge in [-0.1, -0.05) is 0 Å². The zero-order chi connectivity index (χ0) is 15.6. The molecule has 1 amide bonds. The second-order valence-corrected chi connectivity index (χ2v) is 5.27. The Morgan fingerprint density at radius 3 is 2.71 bits per heavy atom. The normalized spacial score (nSPS) is 20.3. The van der Waals surface area contributed by atoms with Crippen molar-refractivity contribution >= 4 is 5.91 Å². The fourth-order valence-corrected chi connectivity index (χ4v) is 2.44. The van der Waals surface area contributed by atoms with Crippen LogP contribution in [0.25, 0.3) is 0 Å². The number of likely N-dealkylation sites (N-methyl/N-ethyl adjacent to an activating group) is 1. The van der Waals surface area contributed by atoms with E-state index < -0.39 is 23.5 Å². The van der Waals surface area contributed by atoms with Gasteiger partial charge in [-0.2, -0.15) is 13.2 Å². The Morgan fingerprint density at radius 1 is 1.38 bits per heavy atom. The number of halogens is 4. The Balaban J connectivity index is 2.12. The minimum atomic E-state index is -4.81. The zero-order valence-corrected chi connectivity index (χ0v) is 11.5. The van der Waals surface area contributed by atoms with Crippen LogP contribution in [0.2, 0.25) is 0 Å². The average Bonchev–Trinajstić information content (AvgIpc) is 2.37. The minimum absolute atomic E-state index is 0.101. The Bertz CT molecular complexity index is 530. The first kappa shape index (κ1) is 15.8. The van der Waals surface area contributed by atoms with Gasteiger partial charge >= 0.3 is 6.18 Å². The third-order valence-electron chi connectivity index (χ3n) is 3.49. The second-order valence-electron chi connectivity index (χ2n) is 5.27. The van der Waals surface area contributed by atoms with E-state index in [1.54, 1.807) is 0 Å². The topological polar surface area (TPSA) is 32.3 Å². The van der Waals surface area contributed by atoms with Gasteiger partial charge in [-0.25, -0.2) is 4.39 Å². The number of alkyl halides is 3. The van der Waals surface area contributed by atoms with Crippen molar-refractivity contribution in [2.45, 2.75) is 25.1 Å². The number of hydrogen-bond donors (Lipinski definition) is 1. The van der Waals surface area contributed by atoms with E-state index in [9.17, 15) is 22.4 Å². The smallest absolute Gasteiger partial charge is 0.348 e. The Labute approximate surface area is 119 Å². The van der Waals surface area contributed by atoms with Crippen molar-refractivity contribution in [2.75, 3.05) is 20.1 Å². The van der Waals surface area contributed by atoms with Gasteiger partial charge in [-0.3, -0.25) is 4.79 Å². The Morgan fingerprint density at radius 2 is 2.10 bits per heavy atom. The Kier molecular flexibility index (Phi) is 4.51. The van der Waals surface area contributed by atoms with Crippen LogP contribution >= 0.6 is 0 Å². The first-order chi connectivity index (χ1) is 9.77. The SMILES string of the molecule is CN1CCCC(NC(=O)c2ccc(F)c(C(F)(F)F)c2)C1. The van der Waals surface area contributed by atoms with Crippen LogP contribution in [-0.2, 0) is 6.18 Å². The first-order valence-corrected chi connectivity index (χ1v) is 6.63. The van der Waals surface area contributed by atoms with Crippen molar-refractivity contribution in [1.29, 1.82) is 0 Å². The van der Waals surface area contributed by atoms with Crippen LogP contribution in [0.4, 0.5) is 17.6 Å². The van der Waals surface area contributed by atoms with E-state index in [-0.39, 0.29) is 11.6 Å². The lowest BCUT2D eigenvalue weighted by Gasteiger charge is -2.30. The molecule has 1 fully saturated rings. The number of nitrogens with zero attached hydrogens (tertiary/aromatic N) is 1. The summed E-state index contributed by atoms with van der Waals surface area (Å²) in [5.74, 6) is -1.99. The summed E-state index contributed by atoms with van der Waals surface area (Å²) in [6, 6.07) is 2.18. The fourth-order valence-electron chi connectivity index (χ4n) is 2.44. The maximum absolute atomic E-state index is 13.2. The van der Waals surface area contributed by atoms with Gasteiger partial charge in [0, 0.05) is 18.2 Å². The molecule has 2 rings (SSSR count). The number of likely N-dealkylation sites (tertiary alicyclic amines) is 1. The van der Waals surface area contributed by atoms with E-state index in [0.29, 0.717) is 18.7 Å². The lowest BCUT2D eigenvalue weighted by Crippen LogP contribution is -2.46. The van der Waals surface area contributed by atoms with E-state index in [4.69, 9.17) is 0 Å². The molecule has 1 aromatic carbocycles. The molecule has 1 aliphatic heterocycles. The predicted octanol–water partition coefficient (Wildman–Crippen LogP) is 2.67. The number of rotatable bonds is 2. The molecule has 1 atom stereocenters. The predicted molar refractivity (Wildman–Crippen MR) is 69.4 cm³/mol. The van der Waals surface area contributed by atoms with Gasteiger partial charge in [0.1, 0.15) is 5.82 Å². The number of benzene rings is 1. The summed E-state index contributed by atoms with van der Waals surface area (Å²) in [5.41, 5.74) is -1.60. The molecule has 1 N–H and O–H groups in total. The summed E-state index contributed by atoms with van der Waals surface area (Å²) < 4.78 is 51.1. The molecule has 0 aromatic heterocycles. The maximum Gasteiger partial charge on any atom is 0.419 e. The highest BCUT2D eigenvalue weighted by molar-refractivity contribution is 5.94. The summed E-state index contributed by atoms with van der Waals surface area (Å²) in [5, 5.41) is 2.69. The molecule has 1 aromatic rings. The first-order valence-electron chi connectivity index (χ1n) is 6.63. The van der Waals surface area contributed by atoms with E-state index >= 15 is 0 Å². The molecule has 0 aliphatic carbocycles. The highest BCUT2D eigenvalue weighted by Gasteiger charge is 2.34. The number of nitrogens with one attached hydrogen (secondary N) is 1. The number of piperidine rings is 1. The van der Waals surface area contributed by atoms with Crippen LogP contribution in [0.3, 0.4) is 0 Å². The molecule has 0 radical (unpaired) electrons. The van der Waals surface area contributed by atoms with Gasteiger partial charge < -0.3 is 10.2 Å². The monoisotopic (exact) mass is 304 g/mol. The van der Waals surface area contributed by atoms with Crippen LogP contribution in [0, 0.1) is 5.82 Å². The molecular weight excluding hydrogens is 288 g/mol. The van der Waals surface area contributed by atoms with Crippen molar-refractivity contribution in [3.63, 3.8) is 0 Å². The summed E-state index contributed by atoms with van der Waals surface area (Å²) in [6.07, 6.45) is -3.12. The molecule has 116 valence electrons. The van der Waals surface area contributed by atoms with Crippen LogP contribution in [0.15, 0.2) is 18.2 Å². The molecular formula is C14H16F4N2O. The highest BCUT2D eigenvalue weighted by Crippen LogP contribution is 2.31. The number of carbonyl (C=O) groups excluding carboxylic acids is 1. The molecule has 1 unspecified atom stereocenters. The summed E-state index contributed by atoms with van der Waals surface area (Å²) in [7, 11) is 1.91. The average molecular weight is 304 g/mol. The van der Waals surface area contributed by atoms with Gasteiger partial charge in [-0.15, -0.1) is 0 Å². The molecule has 21 heavy (non-hydrogen) atoms. The van der Waals surface area contributed by atoms with Gasteiger partial charge in [-0.05, 0) is 44.6 Å². The number of hydrogen-bond acceptors (Lipinski definition) is 2. The largest absolute Gasteiger partial charge is 0.419 e. The van der Waals surface area contributed by atoms with Crippen molar-refractivity contribution in [3.05, 3.63) is 35.1 Å². The van der Waals surface area contributed by atoms with Gasteiger partial charge in [0.15, 0.2) is 0 Å². The molecule has 0 spiro atoms. The lowest BCUT2D eigenvalue weighted by molar-refractivity contribution is -0.140. The maximum atomic E-state index is 13.2. The molecule has 1 heterocycles. The lowest BCUT2D eigenvalue weighted by atomic mass is 10.0. The Hall–Kier alpha value is -1.63. The second kappa shape index (κ2) is 6.01. The fraction of sp³-hybridized carbons (Fsp3) is 0.500. The van der Waals surface area contributed by atoms with Crippen molar-refractivity contribution < 1.29 is 22.4 Å². The van der Waals surface area contributed by atoms with Crippen LogP contribution < -0.4 is 5.32 Å². The third-order valence-corrected chi connectivity index (χ3v) is 3.49. The summed E-state index contributed by atoms with van der Waals surface area (Å²) in [6.45, 7) is 1.58. The van der Waals surface area contributed by atoms with Crippen LogP contribution in [-0.4, -0.2) is 37.0 Å².